The fourth-order valence-electron chi connectivity index (χ4n) is 6.08. The number of nitrogens with zero attached hydrogens (tertiary/aromatic N) is 2. The molecule has 0 aliphatic heterocycles. The predicted octanol–water partition coefficient (Wildman–Crippen LogP) is 5.95. The van der Waals surface area contributed by atoms with E-state index < -0.39 is 0 Å². The monoisotopic (exact) mass is 494 g/mol. The molecule has 5 nitrogen and oxygen atoms in total. The molecule has 35 heavy (non-hydrogen) atoms. The van der Waals surface area contributed by atoms with E-state index in [4.69, 9.17) is 5.73 Å². The molecule has 1 unspecified atom stereocenters. The Morgan fingerprint density at radius 1 is 1.03 bits per heavy atom. The summed E-state index contributed by atoms with van der Waals surface area (Å²) in [4.78, 5) is 17.6. The number of carbonyl (C=O) groups is 1. The number of para-hydroxylation sites is 1. The topological polar surface area (TPSA) is 72.9 Å². The molecule has 1 aromatic carbocycles. The summed E-state index contributed by atoms with van der Waals surface area (Å²) in [5, 5.41) is 4.56. The van der Waals surface area contributed by atoms with Crippen LogP contribution in [0.5, 0.6) is 0 Å². The van der Waals surface area contributed by atoms with Gasteiger partial charge in [0.2, 0.25) is 5.91 Å². The van der Waals surface area contributed by atoms with Gasteiger partial charge >= 0.3 is 0 Å². The van der Waals surface area contributed by atoms with E-state index in [-0.39, 0.29) is 36.3 Å². The largest absolute Gasteiger partial charge is 0.353 e. The first kappa shape index (κ1) is 25.7. The van der Waals surface area contributed by atoms with Crippen molar-refractivity contribution in [2.45, 2.75) is 88.8 Å². The van der Waals surface area contributed by atoms with Crippen LogP contribution in [-0.4, -0.2) is 27.5 Å². The van der Waals surface area contributed by atoms with Crippen molar-refractivity contribution >= 4 is 29.2 Å². The van der Waals surface area contributed by atoms with E-state index in [1.165, 1.54) is 48.6 Å². The maximum absolute atomic E-state index is 13.2. The molecule has 0 bridgehead atoms. The van der Waals surface area contributed by atoms with Gasteiger partial charge in [0.05, 0.1) is 0 Å². The van der Waals surface area contributed by atoms with Gasteiger partial charge in [0.1, 0.15) is 0 Å². The fraction of sp³-hybridized carbons (Fsp3) is 0.517. The molecular formula is C29H39ClN4O. The van der Waals surface area contributed by atoms with Crippen LogP contribution < -0.4 is 11.1 Å². The highest BCUT2D eigenvalue weighted by Gasteiger charge is 2.26. The van der Waals surface area contributed by atoms with Gasteiger partial charge in [0.25, 0.3) is 0 Å². The van der Waals surface area contributed by atoms with Crippen molar-refractivity contribution in [2.24, 2.45) is 11.7 Å². The van der Waals surface area contributed by atoms with E-state index in [2.05, 4.69) is 51.4 Å². The van der Waals surface area contributed by atoms with Gasteiger partial charge in [-0.2, -0.15) is 0 Å². The summed E-state index contributed by atoms with van der Waals surface area (Å²) in [5.41, 5.74) is 9.67. The van der Waals surface area contributed by atoms with Crippen molar-refractivity contribution in [3.63, 3.8) is 0 Å². The average molecular weight is 495 g/mol. The number of carbonyl (C=O) groups excluding carboxylic acids is 1. The molecule has 6 heteroatoms. The molecule has 3 N–H and O–H groups in total. The second-order valence-electron chi connectivity index (χ2n) is 10.5. The molecule has 5 rings (SSSR count). The van der Waals surface area contributed by atoms with Crippen LogP contribution in [-0.2, 0) is 11.3 Å². The number of fused-ring (bicyclic) bond motifs is 1. The smallest absolute Gasteiger partial charge is 0.221 e. The Labute approximate surface area is 215 Å². The first-order chi connectivity index (χ1) is 16.7. The highest BCUT2D eigenvalue weighted by atomic mass is 35.5. The highest BCUT2D eigenvalue weighted by molar-refractivity contribution is 5.86. The zero-order chi connectivity index (χ0) is 23.3. The summed E-state index contributed by atoms with van der Waals surface area (Å²) in [6, 6.07) is 13.3. The molecule has 2 heterocycles. The van der Waals surface area contributed by atoms with Crippen LogP contribution in [0.4, 0.5) is 0 Å². The van der Waals surface area contributed by atoms with Gasteiger partial charge in [-0.05, 0) is 67.7 Å². The number of hydrogen-bond donors (Lipinski definition) is 2. The Bertz CT molecular complexity index is 1080. The molecule has 1 atom stereocenters. The van der Waals surface area contributed by atoms with Crippen molar-refractivity contribution in [2.75, 3.05) is 0 Å². The first-order valence-electron chi connectivity index (χ1n) is 13.2. The Morgan fingerprint density at radius 3 is 2.54 bits per heavy atom. The number of nitrogens with one attached hydrogen (secondary N) is 1. The molecular weight excluding hydrogens is 456 g/mol. The van der Waals surface area contributed by atoms with E-state index in [0.29, 0.717) is 6.42 Å². The average Bonchev–Trinajstić information content (AvgIpc) is 3.23. The minimum Gasteiger partial charge on any atom is -0.353 e. The Hall–Kier alpha value is -2.37. The lowest BCUT2D eigenvalue weighted by Gasteiger charge is -2.27. The minimum absolute atomic E-state index is 0. The molecule has 0 spiro atoms. The second-order valence-corrected chi connectivity index (χ2v) is 10.5. The third-order valence-electron chi connectivity index (χ3n) is 7.99. The van der Waals surface area contributed by atoms with Gasteiger partial charge in [-0.15, -0.1) is 12.4 Å². The van der Waals surface area contributed by atoms with Gasteiger partial charge in [-0.25, -0.2) is 0 Å². The quantitative estimate of drug-likeness (QED) is 0.426. The zero-order valence-corrected chi connectivity index (χ0v) is 21.4. The summed E-state index contributed by atoms with van der Waals surface area (Å²) < 4.78 is 2.45. The molecule has 1 amide bonds. The van der Waals surface area contributed by atoms with Gasteiger partial charge in [-0.3, -0.25) is 9.78 Å². The van der Waals surface area contributed by atoms with Crippen molar-refractivity contribution in [1.82, 2.24) is 14.9 Å². The van der Waals surface area contributed by atoms with Crippen LogP contribution in [0, 0.1) is 5.92 Å². The van der Waals surface area contributed by atoms with Gasteiger partial charge in [0, 0.05) is 60.5 Å². The number of nitrogens with two attached hydrogens (primary N) is 1. The lowest BCUT2D eigenvalue weighted by atomic mass is 9.88. The highest BCUT2D eigenvalue weighted by Crippen LogP contribution is 2.36. The second kappa shape index (κ2) is 12.0. The number of benzene rings is 1. The predicted molar refractivity (Wildman–Crippen MR) is 145 cm³/mol. The van der Waals surface area contributed by atoms with Crippen LogP contribution in [0.1, 0.15) is 81.3 Å². The SMILES string of the molecule is Cl.NC1CCC(NC(=O)CC(c2cccnc2)c2cn(CC3CCCCC3)c3ccccc23)CC1. The summed E-state index contributed by atoms with van der Waals surface area (Å²) in [6.45, 7) is 1.06. The number of pyridine rings is 1. The fourth-order valence-corrected chi connectivity index (χ4v) is 6.08. The van der Waals surface area contributed by atoms with Crippen molar-refractivity contribution in [3.05, 3.63) is 66.1 Å². The Morgan fingerprint density at radius 2 is 1.80 bits per heavy atom. The van der Waals surface area contributed by atoms with Crippen LogP contribution in [0.2, 0.25) is 0 Å². The molecule has 2 saturated carbocycles. The van der Waals surface area contributed by atoms with Crippen molar-refractivity contribution in [1.29, 1.82) is 0 Å². The normalized spacial score (nSPS) is 21.9. The molecule has 0 saturated heterocycles. The van der Waals surface area contributed by atoms with Gasteiger partial charge in [-0.1, -0.05) is 43.5 Å². The van der Waals surface area contributed by atoms with E-state index >= 15 is 0 Å². The maximum atomic E-state index is 13.2. The number of amides is 1. The van der Waals surface area contributed by atoms with Gasteiger partial charge in [0.15, 0.2) is 0 Å². The van der Waals surface area contributed by atoms with Gasteiger partial charge < -0.3 is 15.6 Å². The lowest BCUT2D eigenvalue weighted by molar-refractivity contribution is -0.122. The number of rotatable bonds is 7. The van der Waals surface area contributed by atoms with Crippen LogP contribution in [0.25, 0.3) is 10.9 Å². The summed E-state index contributed by atoms with van der Waals surface area (Å²) in [6.07, 6.45) is 17.1. The van der Waals surface area contributed by atoms with E-state index in [1.807, 2.05) is 12.3 Å². The third-order valence-corrected chi connectivity index (χ3v) is 7.99. The van der Waals surface area contributed by atoms with Crippen molar-refractivity contribution < 1.29 is 4.79 Å². The van der Waals surface area contributed by atoms with E-state index in [0.717, 1.165) is 43.7 Å². The zero-order valence-electron chi connectivity index (χ0n) is 20.6. The molecule has 0 radical (unpaired) electrons. The molecule has 2 aliphatic carbocycles. The number of hydrogen-bond acceptors (Lipinski definition) is 3. The van der Waals surface area contributed by atoms with E-state index in [9.17, 15) is 4.79 Å². The Kier molecular flexibility index (Phi) is 8.85. The Balaban J connectivity index is 0.00000289. The molecule has 188 valence electrons. The molecule has 2 aliphatic rings. The number of halogens is 1. The molecule has 2 fully saturated rings. The van der Waals surface area contributed by atoms with Crippen LogP contribution in [0.15, 0.2) is 55.0 Å². The summed E-state index contributed by atoms with van der Waals surface area (Å²) >= 11 is 0. The number of aromatic nitrogens is 2. The van der Waals surface area contributed by atoms with Crippen LogP contribution in [0.3, 0.4) is 0 Å². The van der Waals surface area contributed by atoms with E-state index in [1.54, 1.807) is 6.20 Å². The minimum atomic E-state index is -0.0166. The standard InChI is InChI=1S/C29H38N4O.ClH/c30-23-12-14-24(15-13-23)32-29(34)17-26(22-9-6-16-31-18-22)27-20-33(19-21-7-2-1-3-8-21)28-11-5-4-10-25(27)28;/h4-6,9-11,16,18,20-21,23-24,26H,1-3,7-8,12-15,17,19,30H2,(H,32,34);1H. The maximum Gasteiger partial charge on any atom is 0.221 e. The lowest BCUT2D eigenvalue weighted by Crippen LogP contribution is -2.40. The summed E-state index contributed by atoms with van der Waals surface area (Å²) in [7, 11) is 0. The van der Waals surface area contributed by atoms with Crippen LogP contribution >= 0.6 is 12.4 Å². The third kappa shape index (κ3) is 6.25. The first-order valence-corrected chi connectivity index (χ1v) is 13.2. The molecule has 3 aromatic rings. The summed E-state index contributed by atoms with van der Waals surface area (Å²) in [5.74, 6) is 0.853. The van der Waals surface area contributed by atoms with Crippen molar-refractivity contribution in [3.8, 4) is 0 Å². The molecule has 2 aromatic heterocycles.